The summed E-state index contributed by atoms with van der Waals surface area (Å²) in [6.07, 6.45) is 6.36. The van der Waals surface area contributed by atoms with Gasteiger partial charge < -0.3 is 20.4 Å². The summed E-state index contributed by atoms with van der Waals surface area (Å²) in [5.74, 6) is 0.251. The Balaban J connectivity index is 1.26. The molecule has 3 aliphatic rings. The van der Waals surface area contributed by atoms with Gasteiger partial charge in [0.25, 0.3) is 0 Å². The highest BCUT2D eigenvalue weighted by Crippen LogP contribution is 2.28. The number of nitrogens with zero attached hydrogens (tertiary/aromatic N) is 2. The van der Waals surface area contributed by atoms with Crippen LogP contribution < -0.4 is 10.6 Å². The Morgan fingerprint density at radius 1 is 1.07 bits per heavy atom. The van der Waals surface area contributed by atoms with Crippen LogP contribution in [0.5, 0.6) is 0 Å². The summed E-state index contributed by atoms with van der Waals surface area (Å²) in [7, 11) is 0. The van der Waals surface area contributed by atoms with Crippen molar-refractivity contribution in [2.75, 3.05) is 25.0 Å². The van der Waals surface area contributed by atoms with Crippen LogP contribution in [0.15, 0.2) is 24.3 Å². The smallest absolute Gasteiger partial charge is 0.318 e. The zero-order valence-electron chi connectivity index (χ0n) is 16.2. The molecule has 150 valence electrons. The largest absolute Gasteiger partial charge is 0.336 e. The Hall–Kier alpha value is -2.57. The van der Waals surface area contributed by atoms with Gasteiger partial charge in [0.05, 0.1) is 0 Å². The van der Waals surface area contributed by atoms with E-state index in [4.69, 9.17) is 0 Å². The molecule has 7 heteroatoms. The standard InChI is InChI=1S/C21H28N4O3/c26-19-14-24(10-11-25(19)18-8-9-18)21(28)22-13-15-4-3-7-17(12-15)23-20(27)16-5-1-2-6-16/h3-4,7,12,16,18H,1-2,5-6,8-11,13-14H2,(H,22,28)(H,23,27). The lowest BCUT2D eigenvalue weighted by Crippen LogP contribution is -2.55. The van der Waals surface area contributed by atoms with Gasteiger partial charge in [-0.15, -0.1) is 0 Å². The van der Waals surface area contributed by atoms with E-state index in [1.807, 2.05) is 29.2 Å². The maximum atomic E-state index is 12.4. The van der Waals surface area contributed by atoms with Gasteiger partial charge in [0.15, 0.2) is 0 Å². The van der Waals surface area contributed by atoms with E-state index in [0.29, 0.717) is 25.7 Å². The van der Waals surface area contributed by atoms with Crippen LogP contribution in [0.25, 0.3) is 0 Å². The van der Waals surface area contributed by atoms with Gasteiger partial charge in [-0.1, -0.05) is 25.0 Å². The molecule has 0 atom stereocenters. The first-order chi connectivity index (χ1) is 13.6. The molecule has 0 aromatic heterocycles. The van der Waals surface area contributed by atoms with Crippen LogP contribution in [0.4, 0.5) is 10.5 Å². The second-order valence-electron chi connectivity index (χ2n) is 8.07. The summed E-state index contributed by atoms with van der Waals surface area (Å²) in [4.78, 5) is 40.4. The SMILES string of the molecule is O=C(Nc1cccc(CNC(=O)N2CCN(C3CC3)C(=O)C2)c1)C1CCCC1. The number of anilines is 1. The number of carbonyl (C=O) groups is 3. The van der Waals surface area contributed by atoms with Crippen molar-refractivity contribution in [1.29, 1.82) is 0 Å². The number of piperazine rings is 1. The summed E-state index contributed by atoms with van der Waals surface area (Å²) in [6, 6.07) is 7.74. The first-order valence-corrected chi connectivity index (χ1v) is 10.3. The lowest BCUT2D eigenvalue weighted by molar-refractivity contribution is -0.135. The molecule has 1 aliphatic heterocycles. The van der Waals surface area contributed by atoms with E-state index < -0.39 is 0 Å². The fourth-order valence-electron chi connectivity index (χ4n) is 4.11. The molecule has 28 heavy (non-hydrogen) atoms. The molecule has 0 bridgehead atoms. The van der Waals surface area contributed by atoms with Gasteiger partial charge in [-0.2, -0.15) is 0 Å². The Kier molecular flexibility index (Phi) is 5.50. The molecule has 3 fully saturated rings. The molecule has 7 nitrogen and oxygen atoms in total. The van der Waals surface area contributed by atoms with Gasteiger partial charge in [0.2, 0.25) is 11.8 Å². The Bertz CT molecular complexity index is 756. The second kappa shape index (κ2) is 8.20. The number of rotatable bonds is 5. The first kappa shape index (κ1) is 18.8. The molecule has 0 spiro atoms. The van der Waals surface area contributed by atoms with Crippen LogP contribution in [0, 0.1) is 5.92 Å². The highest BCUT2D eigenvalue weighted by molar-refractivity contribution is 5.92. The van der Waals surface area contributed by atoms with Crippen LogP contribution in [0.1, 0.15) is 44.1 Å². The molecule has 2 N–H and O–H groups in total. The van der Waals surface area contributed by atoms with E-state index in [9.17, 15) is 14.4 Å². The number of hydrogen-bond acceptors (Lipinski definition) is 3. The van der Waals surface area contributed by atoms with Crippen LogP contribution in [-0.4, -0.2) is 53.3 Å². The minimum absolute atomic E-state index is 0.0422. The molecule has 1 heterocycles. The summed E-state index contributed by atoms with van der Waals surface area (Å²) >= 11 is 0. The molecule has 1 aromatic carbocycles. The average Bonchev–Trinajstić information content (AvgIpc) is 3.38. The molecule has 4 rings (SSSR count). The zero-order chi connectivity index (χ0) is 19.5. The van der Waals surface area contributed by atoms with E-state index in [1.54, 1.807) is 4.90 Å². The van der Waals surface area contributed by atoms with Crippen molar-refractivity contribution in [1.82, 2.24) is 15.1 Å². The van der Waals surface area contributed by atoms with Crippen LogP contribution in [0.2, 0.25) is 0 Å². The first-order valence-electron chi connectivity index (χ1n) is 10.3. The molecule has 4 amide bonds. The normalized spacial score (nSPS) is 20.4. The molecule has 0 radical (unpaired) electrons. The van der Waals surface area contributed by atoms with Crippen molar-refractivity contribution in [3.05, 3.63) is 29.8 Å². The minimum Gasteiger partial charge on any atom is -0.336 e. The molecule has 1 aromatic rings. The third kappa shape index (κ3) is 4.46. The Morgan fingerprint density at radius 2 is 1.86 bits per heavy atom. The van der Waals surface area contributed by atoms with E-state index in [1.165, 1.54) is 0 Å². The zero-order valence-corrected chi connectivity index (χ0v) is 16.2. The highest BCUT2D eigenvalue weighted by Gasteiger charge is 2.36. The predicted molar refractivity (Wildman–Crippen MR) is 106 cm³/mol. The van der Waals surface area contributed by atoms with E-state index >= 15 is 0 Å². The van der Waals surface area contributed by atoms with Crippen molar-refractivity contribution in [3.8, 4) is 0 Å². The number of hydrogen-bond donors (Lipinski definition) is 2. The van der Waals surface area contributed by atoms with Crippen molar-refractivity contribution < 1.29 is 14.4 Å². The third-order valence-corrected chi connectivity index (χ3v) is 5.90. The fourth-order valence-corrected chi connectivity index (χ4v) is 4.11. The van der Waals surface area contributed by atoms with Gasteiger partial charge >= 0.3 is 6.03 Å². The molecular weight excluding hydrogens is 356 g/mol. The minimum atomic E-state index is -0.218. The lowest BCUT2D eigenvalue weighted by Gasteiger charge is -2.34. The number of amides is 4. The van der Waals surface area contributed by atoms with E-state index in [2.05, 4.69) is 10.6 Å². The van der Waals surface area contributed by atoms with Crippen LogP contribution in [0.3, 0.4) is 0 Å². The summed E-state index contributed by atoms with van der Waals surface area (Å²) in [6.45, 7) is 1.72. The third-order valence-electron chi connectivity index (χ3n) is 5.90. The fraction of sp³-hybridized carbons (Fsp3) is 0.571. The quantitative estimate of drug-likeness (QED) is 0.817. The van der Waals surface area contributed by atoms with Gasteiger partial charge in [-0.25, -0.2) is 4.79 Å². The lowest BCUT2D eigenvalue weighted by atomic mass is 10.1. The number of carbonyl (C=O) groups excluding carboxylic acids is 3. The number of nitrogens with one attached hydrogen (secondary N) is 2. The average molecular weight is 384 g/mol. The molecule has 2 saturated carbocycles. The van der Waals surface area contributed by atoms with Gasteiger partial charge in [-0.3, -0.25) is 9.59 Å². The van der Waals surface area contributed by atoms with Gasteiger partial charge in [-0.05, 0) is 43.4 Å². The number of urea groups is 1. The van der Waals surface area contributed by atoms with Crippen molar-refractivity contribution >= 4 is 23.5 Å². The van der Waals surface area contributed by atoms with E-state index in [0.717, 1.165) is 49.8 Å². The molecular formula is C21H28N4O3. The topological polar surface area (TPSA) is 81.8 Å². The van der Waals surface area contributed by atoms with Crippen molar-refractivity contribution in [3.63, 3.8) is 0 Å². The van der Waals surface area contributed by atoms with Gasteiger partial charge in [0, 0.05) is 37.3 Å². The summed E-state index contributed by atoms with van der Waals surface area (Å²) in [5.41, 5.74) is 1.68. The Labute approximate surface area is 165 Å². The summed E-state index contributed by atoms with van der Waals surface area (Å²) in [5, 5.41) is 5.88. The van der Waals surface area contributed by atoms with E-state index in [-0.39, 0.29) is 30.3 Å². The number of benzene rings is 1. The van der Waals surface area contributed by atoms with Gasteiger partial charge in [0.1, 0.15) is 6.54 Å². The summed E-state index contributed by atoms with van der Waals surface area (Å²) < 4.78 is 0. The highest BCUT2D eigenvalue weighted by atomic mass is 16.2. The van der Waals surface area contributed by atoms with Crippen LogP contribution in [-0.2, 0) is 16.1 Å². The maximum absolute atomic E-state index is 12.4. The predicted octanol–water partition coefficient (Wildman–Crippen LogP) is 2.33. The molecule has 1 saturated heterocycles. The monoisotopic (exact) mass is 384 g/mol. The second-order valence-corrected chi connectivity index (χ2v) is 8.07. The molecule has 0 unspecified atom stereocenters. The Morgan fingerprint density at radius 3 is 2.57 bits per heavy atom. The molecule has 2 aliphatic carbocycles. The van der Waals surface area contributed by atoms with Crippen molar-refractivity contribution in [2.45, 2.75) is 51.1 Å². The maximum Gasteiger partial charge on any atom is 0.318 e. The van der Waals surface area contributed by atoms with Crippen LogP contribution >= 0.6 is 0 Å². The van der Waals surface area contributed by atoms with Crippen molar-refractivity contribution in [2.24, 2.45) is 5.92 Å².